The number of aryl methyl sites for hydroxylation is 1. The minimum absolute atomic E-state index is 0.224. The number of likely N-dealkylation sites (N-methyl/N-ethyl adjacent to an activating group) is 1. The van der Waals surface area contributed by atoms with Crippen LogP contribution < -0.4 is 0 Å². The Balaban J connectivity index is 0.00000176. The first-order valence-corrected chi connectivity index (χ1v) is 13.9. The van der Waals surface area contributed by atoms with Gasteiger partial charge in [-0.2, -0.15) is 5.10 Å². The smallest absolute Gasteiger partial charge is 0.185 e. The highest BCUT2D eigenvalue weighted by Gasteiger charge is 2.33. The Hall–Kier alpha value is -2.32. The molecule has 0 aliphatic heterocycles. The summed E-state index contributed by atoms with van der Waals surface area (Å²) in [5.41, 5.74) is 3.04. The first-order valence-electron chi connectivity index (χ1n) is 13.5. The van der Waals surface area contributed by atoms with Crippen LogP contribution in [0, 0.1) is 6.92 Å². The predicted octanol–water partition coefficient (Wildman–Crippen LogP) is 6.38. The summed E-state index contributed by atoms with van der Waals surface area (Å²) in [6.07, 6.45) is 6.08. The van der Waals surface area contributed by atoms with Crippen molar-refractivity contribution in [2.45, 2.75) is 105 Å². The van der Waals surface area contributed by atoms with Crippen LogP contribution in [-0.4, -0.2) is 55.2 Å². The van der Waals surface area contributed by atoms with Crippen molar-refractivity contribution in [2.24, 2.45) is 0 Å². The van der Waals surface area contributed by atoms with Gasteiger partial charge in [-0.05, 0) is 59.5 Å². The Labute approximate surface area is 219 Å². The molecular weight excluding hydrogens is 476 g/mol. The third kappa shape index (κ3) is 5.80. The molecule has 9 heteroatoms. The van der Waals surface area contributed by atoms with Crippen LogP contribution in [0.4, 0.5) is 0 Å². The highest BCUT2D eigenvalue weighted by atomic mass is 35.5. The quantitative estimate of drug-likeness (QED) is 0.289. The standard InChI is InChI=1S/C25H35ClN6O2.C2H6/c1-6-8-12-19(33)17-10-9-11-18-21(30-34-22(17)18)24-27-23(26)20-16(4)29-32(25(20)28-24)14-15(3)31(5)13-7-2;1-2/h15,17H,6-14H2,1-5H3;1-2H3. The van der Waals surface area contributed by atoms with E-state index in [1.54, 1.807) is 0 Å². The topological polar surface area (TPSA) is 89.9 Å². The minimum atomic E-state index is -0.224. The van der Waals surface area contributed by atoms with Gasteiger partial charge in [0.1, 0.15) is 10.9 Å². The van der Waals surface area contributed by atoms with Crippen LogP contribution in [0.1, 0.15) is 96.1 Å². The highest BCUT2D eigenvalue weighted by Crippen LogP contribution is 2.38. The molecule has 0 saturated heterocycles. The van der Waals surface area contributed by atoms with Crippen molar-refractivity contribution < 1.29 is 9.32 Å². The molecule has 4 rings (SSSR count). The van der Waals surface area contributed by atoms with Crippen molar-refractivity contribution in [1.82, 2.24) is 29.8 Å². The lowest BCUT2D eigenvalue weighted by Gasteiger charge is -2.24. The molecule has 0 aromatic carbocycles. The monoisotopic (exact) mass is 516 g/mol. The van der Waals surface area contributed by atoms with Gasteiger partial charge in [0.2, 0.25) is 0 Å². The third-order valence-electron chi connectivity index (χ3n) is 6.92. The van der Waals surface area contributed by atoms with Crippen LogP contribution in [0.3, 0.4) is 0 Å². The fraction of sp³-hybridized carbons (Fsp3) is 0.667. The van der Waals surface area contributed by atoms with Crippen LogP contribution >= 0.6 is 11.6 Å². The van der Waals surface area contributed by atoms with Crippen molar-refractivity contribution >= 4 is 28.4 Å². The maximum absolute atomic E-state index is 12.8. The number of fused-ring (bicyclic) bond motifs is 2. The second-order valence-electron chi connectivity index (χ2n) is 9.52. The molecule has 36 heavy (non-hydrogen) atoms. The van der Waals surface area contributed by atoms with Crippen molar-refractivity contribution in [3.63, 3.8) is 0 Å². The summed E-state index contributed by atoms with van der Waals surface area (Å²) < 4.78 is 7.66. The first kappa shape index (κ1) is 28.3. The van der Waals surface area contributed by atoms with E-state index in [2.05, 4.69) is 42.9 Å². The van der Waals surface area contributed by atoms with Crippen LogP contribution in [-0.2, 0) is 17.8 Å². The number of halogens is 1. The van der Waals surface area contributed by atoms with Crippen molar-refractivity contribution in [2.75, 3.05) is 13.6 Å². The van der Waals surface area contributed by atoms with E-state index < -0.39 is 0 Å². The average Bonchev–Trinajstić information content (AvgIpc) is 3.45. The minimum Gasteiger partial charge on any atom is -0.360 e. The van der Waals surface area contributed by atoms with E-state index in [4.69, 9.17) is 26.2 Å². The summed E-state index contributed by atoms with van der Waals surface area (Å²) >= 11 is 6.64. The molecule has 2 unspecified atom stereocenters. The molecule has 3 aromatic rings. The molecule has 3 heterocycles. The van der Waals surface area contributed by atoms with Crippen LogP contribution in [0.15, 0.2) is 4.52 Å². The van der Waals surface area contributed by atoms with Gasteiger partial charge in [-0.3, -0.25) is 4.79 Å². The normalized spacial score (nSPS) is 16.1. The van der Waals surface area contributed by atoms with Gasteiger partial charge in [0.05, 0.1) is 23.5 Å². The van der Waals surface area contributed by atoms with Gasteiger partial charge >= 0.3 is 0 Å². The molecule has 0 saturated carbocycles. The molecule has 0 amide bonds. The Bertz CT molecular complexity index is 1170. The summed E-state index contributed by atoms with van der Waals surface area (Å²) in [5, 5.41) is 10.2. The Morgan fingerprint density at radius 3 is 2.69 bits per heavy atom. The molecule has 0 fully saturated rings. The fourth-order valence-corrected chi connectivity index (χ4v) is 5.16. The van der Waals surface area contributed by atoms with Gasteiger partial charge in [-0.25, -0.2) is 14.6 Å². The molecule has 8 nitrogen and oxygen atoms in total. The molecule has 1 aliphatic rings. The third-order valence-corrected chi connectivity index (χ3v) is 7.19. The van der Waals surface area contributed by atoms with E-state index in [0.29, 0.717) is 41.0 Å². The predicted molar refractivity (Wildman–Crippen MR) is 145 cm³/mol. The van der Waals surface area contributed by atoms with Gasteiger partial charge in [0, 0.05) is 18.0 Å². The summed E-state index contributed by atoms with van der Waals surface area (Å²) in [6.45, 7) is 14.1. The number of hydrogen-bond donors (Lipinski definition) is 0. The van der Waals surface area contributed by atoms with E-state index in [1.165, 1.54) is 0 Å². The second-order valence-corrected chi connectivity index (χ2v) is 9.88. The van der Waals surface area contributed by atoms with Gasteiger partial charge < -0.3 is 9.42 Å². The molecule has 198 valence electrons. The number of nitrogens with zero attached hydrogens (tertiary/aromatic N) is 6. The Morgan fingerprint density at radius 1 is 1.25 bits per heavy atom. The van der Waals surface area contributed by atoms with E-state index in [0.717, 1.165) is 61.7 Å². The number of carbonyl (C=O) groups is 1. The van der Waals surface area contributed by atoms with Crippen LogP contribution in [0.25, 0.3) is 22.6 Å². The van der Waals surface area contributed by atoms with Gasteiger partial charge in [-0.15, -0.1) is 0 Å². The molecule has 0 radical (unpaired) electrons. The fourth-order valence-electron chi connectivity index (χ4n) is 4.85. The largest absolute Gasteiger partial charge is 0.360 e. The Morgan fingerprint density at radius 2 is 2.00 bits per heavy atom. The number of unbranched alkanes of at least 4 members (excludes halogenated alkanes) is 1. The number of hydrogen-bond acceptors (Lipinski definition) is 7. The number of rotatable bonds is 10. The number of carbonyl (C=O) groups excluding carboxylic acids is 1. The molecule has 0 bridgehead atoms. The molecule has 0 N–H and O–H groups in total. The van der Waals surface area contributed by atoms with E-state index in [1.807, 2.05) is 25.5 Å². The maximum atomic E-state index is 12.8. The van der Waals surface area contributed by atoms with Crippen LogP contribution in [0.2, 0.25) is 5.15 Å². The molecule has 2 atom stereocenters. The zero-order valence-corrected chi connectivity index (χ0v) is 23.7. The maximum Gasteiger partial charge on any atom is 0.185 e. The number of ketones is 1. The van der Waals surface area contributed by atoms with Gasteiger partial charge in [-0.1, -0.05) is 50.9 Å². The highest BCUT2D eigenvalue weighted by molar-refractivity contribution is 6.34. The molecule has 0 spiro atoms. The van der Waals surface area contributed by atoms with Gasteiger partial charge in [0.25, 0.3) is 0 Å². The Kier molecular flexibility index (Phi) is 10.0. The molecule has 1 aliphatic carbocycles. The van der Waals surface area contributed by atoms with E-state index in [9.17, 15) is 4.79 Å². The van der Waals surface area contributed by atoms with Crippen molar-refractivity contribution in [3.8, 4) is 11.5 Å². The number of Topliss-reactive ketones (excluding diaryl/α,β-unsaturated/α-hetero) is 1. The van der Waals surface area contributed by atoms with Crippen molar-refractivity contribution in [1.29, 1.82) is 0 Å². The van der Waals surface area contributed by atoms with Crippen LogP contribution in [0.5, 0.6) is 0 Å². The average molecular weight is 517 g/mol. The lowest BCUT2D eigenvalue weighted by molar-refractivity contribution is -0.121. The first-order chi connectivity index (χ1) is 17.3. The molecular formula is C27H41ClN6O2. The second kappa shape index (κ2) is 12.8. The molecule has 3 aromatic heterocycles. The summed E-state index contributed by atoms with van der Waals surface area (Å²) in [5.74, 6) is 1.12. The van der Waals surface area contributed by atoms with Crippen molar-refractivity contribution in [3.05, 3.63) is 22.2 Å². The zero-order valence-electron chi connectivity index (χ0n) is 22.9. The summed E-state index contributed by atoms with van der Waals surface area (Å²) in [6, 6.07) is 0.286. The van der Waals surface area contributed by atoms with E-state index in [-0.39, 0.29) is 17.7 Å². The lowest BCUT2D eigenvalue weighted by Crippen LogP contribution is -2.33. The zero-order chi connectivity index (χ0) is 26.4. The summed E-state index contributed by atoms with van der Waals surface area (Å²) in [4.78, 5) is 24.5. The SMILES string of the molecule is CC.CCCCC(=O)C1CCCc2c(-c3nc(Cl)c4c(C)nn(CC(C)N(C)CCC)c4n3)noc21. The van der Waals surface area contributed by atoms with E-state index >= 15 is 0 Å². The number of aromatic nitrogens is 5. The van der Waals surface area contributed by atoms with Gasteiger partial charge in [0.15, 0.2) is 22.9 Å². The lowest BCUT2D eigenvalue weighted by atomic mass is 9.83. The summed E-state index contributed by atoms with van der Waals surface area (Å²) in [7, 11) is 2.13.